The molecule has 94 valence electrons. The number of rotatable bonds is 7. The second kappa shape index (κ2) is 5.99. The second-order valence-electron chi connectivity index (χ2n) is 5.70. The first kappa shape index (κ1) is 12.3. The van der Waals surface area contributed by atoms with Gasteiger partial charge in [0.05, 0.1) is 6.61 Å². The average molecular weight is 226 g/mol. The minimum absolute atomic E-state index is 0.655. The maximum atomic E-state index is 5.62. The van der Waals surface area contributed by atoms with Gasteiger partial charge >= 0.3 is 0 Å². The Bertz CT molecular complexity index is 204. The first-order chi connectivity index (χ1) is 7.74. The van der Waals surface area contributed by atoms with Crippen molar-refractivity contribution in [2.75, 3.05) is 32.8 Å². The van der Waals surface area contributed by atoms with Crippen LogP contribution in [0.1, 0.15) is 33.1 Å². The third kappa shape index (κ3) is 4.40. The van der Waals surface area contributed by atoms with Crippen molar-refractivity contribution in [3.63, 3.8) is 0 Å². The Hall–Kier alpha value is -0.120. The predicted molar refractivity (Wildman–Crippen MR) is 66.7 cm³/mol. The number of nitrogens with zero attached hydrogens (tertiary/aromatic N) is 1. The molecule has 1 heterocycles. The molecule has 2 aliphatic rings. The highest BCUT2D eigenvalue weighted by molar-refractivity contribution is 4.89. The summed E-state index contributed by atoms with van der Waals surface area (Å²) in [7, 11) is 0. The van der Waals surface area contributed by atoms with Crippen LogP contribution in [0.2, 0.25) is 0 Å². The van der Waals surface area contributed by atoms with Crippen LogP contribution >= 0.6 is 0 Å². The first-order valence-electron chi connectivity index (χ1n) is 6.80. The molecular weight excluding hydrogens is 200 g/mol. The summed E-state index contributed by atoms with van der Waals surface area (Å²) in [6, 6.07) is 1.60. The minimum Gasteiger partial charge on any atom is -0.380 e. The minimum atomic E-state index is 0.655. The Balaban J connectivity index is 1.50. The fourth-order valence-corrected chi connectivity index (χ4v) is 2.27. The standard InChI is InChI=1S/C13H26N2O/c1-11(2)10-16-8-7-15-6-5-13(9-15)14-12-3-4-12/h11-14H,3-10H2,1-2H3. The fraction of sp³-hybridized carbons (Fsp3) is 1.00. The summed E-state index contributed by atoms with van der Waals surface area (Å²) in [5.41, 5.74) is 0. The van der Waals surface area contributed by atoms with E-state index in [9.17, 15) is 0 Å². The third-order valence-corrected chi connectivity index (χ3v) is 3.32. The van der Waals surface area contributed by atoms with E-state index in [-0.39, 0.29) is 0 Å². The van der Waals surface area contributed by atoms with Gasteiger partial charge in [0, 0.05) is 31.8 Å². The summed E-state index contributed by atoms with van der Waals surface area (Å²) in [6.07, 6.45) is 4.11. The fourth-order valence-electron chi connectivity index (χ4n) is 2.27. The molecule has 2 rings (SSSR count). The molecule has 0 radical (unpaired) electrons. The monoisotopic (exact) mass is 226 g/mol. The van der Waals surface area contributed by atoms with Gasteiger partial charge in [-0.1, -0.05) is 13.8 Å². The van der Waals surface area contributed by atoms with E-state index in [4.69, 9.17) is 4.74 Å². The highest BCUT2D eigenvalue weighted by Gasteiger charge is 2.28. The van der Waals surface area contributed by atoms with E-state index in [2.05, 4.69) is 24.1 Å². The summed E-state index contributed by atoms with van der Waals surface area (Å²) in [6.45, 7) is 9.77. The van der Waals surface area contributed by atoms with Crippen molar-refractivity contribution in [3.8, 4) is 0 Å². The third-order valence-electron chi connectivity index (χ3n) is 3.32. The molecule has 3 heteroatoms. The Morgan fingerprint density at radius 2 is 2.06 bits per heavy atom. The quantitative estimate of drug-likeness (QED) is 0.666. The number of nitrogens with one attached hydrogen (secondary N) is 1. The first-order valence-corrected chi connectivity index (χ1v) is 6.80. The zero-order chi connectivity index (χ0) is 11.4. The number of ether oxygens (including phenoxy) is 1. The molecule has 0 spiro atoms. The molecule has 1 aliphatic carbocycles. The van der Waals surface area contributed by atoms with E-state index >= 15 is 0 Å². The SMILES string of the molecule is CC(C)COCCN1CCC(NC2CC2)C1. The molecule has 0 amide bonds. The molecule has 1 aliphatic heterocycles. The Kier molecular flexibility index (Phi) is 4.62. The molecule has 1 atom stereocenters. The number of hydrogen-bond acceptors (Lipinski definition) is 3. The van der Waals surface area contributed by atoms with Crippen molar-refractivity contribution in [3.05, 3.63) is 0 Å². The van der Waals surface area contributed by atoms with Gasteiger partial charge in [0.2, 0.25) is 0 Å². The van der Waals surface area contributed by atoms with Crippen LogP contribution in [0.5, 0.6) is 0 Å². The molecule has 2 fully saturated rings. The predicted octanol–water partition coefficient (Wildman–Crippen LogP) is 1.49. The van der Waals surface area contributed by atoms with Gasteiger partial charge in [0.1, 0.15) is 0 Å². The van der Waals surface area contributed by atoms with Gasteiger partial charge in [-0.05, 0) is 31.7 Å². The zero-order valence-electron chi connectivity index (χ0n) is 10.7. The Morgan fingerprint density at radius 1 is 1.25 bits per heavy atom. The van der Waals surface area contributed by atoms with E-state index in [0.29, 0.717) is 5.92 Å². The van der Waals surface area contributed by atoms with Crippen molar-refractivity contribution in [2.45, 2.75) is 45.2 Å². The van der Waals surface area contributed by atoms with Gasteiger partial charge in [-0.3, -0.25) is 4.90 Å². The summed E-state index contributed by atoms with van der Waals surface area (Å²) in [4.78, 5) is 2.53. The van der Waals surface area contributed by atoms with E-state index in [0.717, 1.165) is 31.8 Å². The topological polar surface area (TPSA) is 24.5 Å². The molecule has 0 bridgehead atoms. The van der Waals surface area contributed by atoms with Crippen LogP contribution in [0.25, 0.3) is 0 Å². The smallest absolute Gasteiger partial charge is 0.0593 e. The lowest BCUT2D eigenvalue weighted by Crippen LogP contribution is -2.34. The van der Waals surface area contributed by atoms with Crippen LogP contribution in [0, 0.1) is 5.92 Å². The lowest BCUT2D eigenvalue weighted by molar-refractivity contribution is 0.0907. The number of likely N-dealkylation sites (tertiary alicyclic amines) is 1. The van der Waals surface area contributed by atoms with Crippen LogP contribution < -0.4 is 5.32 Å². The Labute approximate surface area is 99.5 Å². The molecule has 16 heavy (non-hydrogen) atoms. The lowest BCUT2D eigenvalue weighted by atomic mass is 10.2. The van der Waals surface area contributed by atoms with Crippen LogP contribution in [-0.4, -0.2) is 49.8 Å². The molecule has 1 saturated carbocycles. The summed E-state index contributed by atoms with van der Waals surface area (Å²) >= 11 is 0. The molecule has 1 N–H and O–H groups in total. The molecular formula is C13H26N2O. The molecule has 1 saturated heterocycles. The highest BCUT2D eigenvalue weighted by atomic mass is 16.5. The van der Waals surface area contributed by atoms with E-state index in [1.165, 1.54) is 32.4 Å². The largest absolute Gasteiger partial charge is 0.380 e. The normalized spacial score (nSPS) is 26.8. The van der Waals surface area contributed by atoms with Crippen molar-refractivity contribution in [2.24, 2.45) is 5.92 Å². The molecule has 0 aromatic carbocycles. The van der Waals surface area contributed by atoms with E-state index < -0.39 is 0 Å². The Morgan fingerprint density at radius 3 is 2.75 bits per heavy atom. The van der Waals surface area contributed by atoms with Crippen molar-refractivity contribution < 1.29 is 4.74 Å². The average Bonchev–Trinajstić information content (AvgIpc) is 2.92. The van der Waals surface area contributed by atoms with Crippen molar-refractivity contribution in [1.82, 2.24) is 10.2 Å². The molecule has 0 aromatic heterocycles. The van der Waals surface area contributed by atoms with Gasteiger partial charge in [0.25, 0.3) is 0 Å². The van der Waals surface area contributed by atoms with Crippen LogP contribution in [0.4, 0.5) is 0 Å². The molecule has 3 nitrogen and oxygen atoms in total. The number of hydrogen-bond donors (Lipinski definition) is 1. The van der Waals surface area contributed by atoms with E-state index in [1.807, 2.05) is 0 Å². The van der Waals surface area contributed by atoms with Gasteiger partial charge in [0.15, 0.2) is 0 Å². The second-order valence-corrected chi connectivity index (χ2v) is 5.70. The zero-order valence-corrected chi connectivity index (χ0v) is 10.7. The summed E-state index contributed by atoms with van der Waals surface area (Å²) in [5, 5.41) is 3.71. The van der Waals surface area contributed by atoms with Gasteiger partial charge in [-0.2, -0.15) is 0 Å². The van der Waals surface area contributed by atoms with Gasteiger partial charge < -0.3 is 10.1 Å². The highest BCUT2D eigenvalue weighted by Crippen LogP contribution is 2.21. The van der Waals surface area contributed by atoms with Gasteiger partial charge in [-0.15, -0.1) is 0 Å². The van der Waals surface area contributed by atoms with Crippen molar-refractivity contribution in [1.29, 1.82) is 0 Å². The summed E-state index contributed by atoms with van der Waals surface area (Å²) in [5.74, 6) is 0.655. The van der Waals surface area contributed by atoms with Crippen LogP contribution in [0.3, 0.4) is 0 Å². The molecule has 1 unspecified atom stereocenters. The van der Waals surface area contributed by atoms with Gasteiger partial charge in [-0.25, -0.2) is 0 Å². The van der Waals surface area contributed by atoms with Crippen LogP contribution in [-0.2, 0) is 4.74 Å². The lowest BCUT2D eigenvalue weighted by Gasteiger charge is -2.17. The maximum absolute atomic E-state index is 5.62. The van der Waals surface area contributed by atoms with Crippen molar-refractivity contribution >= 4 is 0 Å². The van der Waals surface area contributed by atoms with E-state index in [1.54, 1.807) is 0 Å². The van der Waals surface area contributed by atoms with Crippen LogP contribution in [0.15, 0.2) is 0 Å². The maximum Gasteiger partial charge on any atom is 0.0593 e. The molecule has 0 aromatic rings. The summed E-state index contributed by atoms with van der Waals surface area (Å²) < 4.78 is 5.62.